The second-order valence-corrected chi connectivity index (χ2v) is 6.63. The fraction of sp³-hybridized carbons (Fsp3) is 0.263. The van der Waals surface area contributed by atoms with Crippen molar-refractivity contribution in [1.82, 2.24) is 0 Å². The van der Waals surface area contributed by atoms with E-state index in [-0.39, 0.29) is 11.8 Å². The van der Waals surface area contributed by atoms with Crippen LogP contribution in [0.2, 0.25) is 0 Å². The zero-order valence-corrected chi connectivity index (χ0v) is 14.3. The number of rotatable bonds is 2. The van der Waals surface area contributed by atoms with Crippen molar-refractivity contribution < 1.29 is 9.59 Å². The average Bonchev–Trinajstić information content (AvgIpc) is 3.08. The number of carbonyl (C=O) groups excluding carboxylic acids is 2. The Morgan fingerprint density at radius 1 is 0.800 bits per heavy atom. The van der Waals surface area contributed by atoms with Gasteiger partial charge >= 0.3 is 0 Å². The number of hydrogen-bond acceptors (Lipinski definition) is 5. The quantitative estimate of drug-likeness (QED) is 0.793. The number of hydrogen-bond donors (Lipinski definition) is 0. The van der Waals surface area contributed by atoms with Gasteiger partial charge < -0.3 is 0 Å². The molecule has 6 heteroatoms. The monoisotopic (exact) mass is 334 g/mol. The highest BCUT2D eigenvalue weighted by atomic mass is 16.2. The molecular weight excluding hydrogens is 316 g/mol. The van der Waals surface area contributed by atoms with E-state index in [1.54, 1.807) is 5.01 Å². The van der Waals surface area contributed by atoms with E-state index in [1.165, 1.54) is 4.90 Å². The molecule has 1 saturated heterocycles. The Morgan fingerprint density at radius 2 is 1.44 bits per heavy atom. The third-order valence-corrected chi connectivity index (χ3v) is 4.54. The summed E-state index contributed by atoms with van der Waals surface area (Å²) in [6.07, 6.45) is 0. The van der Waals surface area contributed by atoms with Gasteiger partial charge in [-0.15, -0.1) is 0 Å². The number of carbonyl (C=O) groups is 2. The van der Waals surface area contributed by atoms with Crippen molar-refractivity contribution in [2.45, 2.75) is 32.9 Å². The molecule has 6 nitrogen and oxygen atoms in total. The van der Waals surface area contributed by atoms with Crippen LogP contribution in [0.1, 0.15) is 16.7 Å². The Morgan fingerprint density at radius 3 is 2.08 bits per heavy atom. The normalized spacial score (nSPS) is 22.0. The van der Waals surface area contributed by atoms with Crippen LogP contribution in [0.4, 0.5) is 11.4 Å². The molecule has 0 aromatic heterocycles. The molecule has 2 aromatic rings. The van der Waals surface area contributed by atoms with Crippen molar-refractivity contribution in [3.8, 4) is 0 Å². The van der Waals surface area contributed by atoms with Gasteiger partial charge in [-0.25, -0.2) is 9.91 Å². The van der Waals surface area contributed by atoms with Crippen LogP contribution in [0, 0.1) is 20.8 Å². The van der Waals surface area contributed by atoms with Crippen LogP contribution in [-0.2, 0) is 9.59 Å². The van der Waals surface area contributed by atoms with Gasteiger partial charge in [0.15, 0.2) is 12.1 Å². The topological polar surface area (TPSA) is 65.3 Å². The van der Waals surface area contributed by atoms with E-state index in [9.17, 15) is 9.59 Å². The zero-order chi connectivity index (χ0) is 17.7. The van der Waals surface area contributed by atoms with E-state index in [1.807, 2.05) is 63.2 Å². The average molecular weight is 334 g/mol. The van der Waals surface area contributed by atoms with Crippen molar-refractivity contribution in [2.75, 3.05) is 9.91 Å². The molecule has 0 saturated carbocycles. The van der Waals surface area contributed by atoms with E-state index in [2.05, 4.69) is 10.3 Å². The van der Waals surface area contributed by atoms with Crippen LogP contribution in [0.5, 0.6) is 0 Å². The van der Waals surface area contributed by atoms with Crippen LogP contribution in [0.15, 0.2) is 52.8 Å². The number of nitrogens with zero attached hydrogens (tertiary/aromatic N) is 4. The lowest BCUT2D eigenvalue weighted by molar-refractivity contribution is -0.121. The fourth-order valence-electron chi connectivity index (χ4n) is 3.41. The summed E-state index contributed by atoms with van der Waals surface area (Å²) in [4.78, 5) is 27.0. The third kappa shape index (κ3) is 2.41. The van der Waals surface area contributed by atoms with Crippen molar-refractivity contribution in [3.05, 3.63) is 59.2 Å². The highest BCUT2D eigenvalue weighted by Crippen LogP contribution is 2.35. The SMILES string of the molecule is Cc1ccc(N2N=N[C@H]3C(=O)N(c4cc(C)cc(C)c4)C(=O)[C@@H]32)cc1. The predicted molar refractivity (Wildman–Crippen MR) is 94.5 cm³/mol. The Labute approximate surface area is 145 Å². The summed E-state index contributed by atoms with van der Waals surface area (Å²) in [5.74, 6) is -0.607. The molecule has 1 fully saturated rings. The predicted octanol–water partition coefficient (Wildman–Crippen LogP) is 3.11. The lowest BCUT2D eigenvalue weighted by Crippen LogP contribution is -2.39. The first kappa shape index (κ1) is 15.5. The van der Waals surface area contributed by atoms with Gasteiger partial charge in [0.2, 0.25) is 0 Å². The van der Waals surface area contributed by atoms with Gasteiger partial charge in [-0.05, 0) is 56.2 Å². The maximum absolute atomic E-state index is 13.0. The largest absolute Gasteiger partial charge is 0.271 e. The smallest absolute Gasteiger partial charge is 0.263 e. The molecule has 2 aliphatic rings. The number of amides is 2. The van der Waals surface area contributed by atoms with E-state index in [4.69, 9.17) is 0 Å². The van der Waals surface area contributed by atoms with Crippen molar-refractivity contribution in [3.63, 3.8) is 0 Å². The van der Waals surface area contributed by atoms with Crippen molar-refractivity contribution >= 4 is 23.2 Å². The second kappa shape index (κ2) is 5.51. The summed E-state index contributed by atoms with van der Waals surface area (Å²) in [5.41, 5.74) is 4.47. The van der Waals surface area contributed by atoms with E-state index >= 15 is 0 Å². The van der Waals surface area contributed by atoms with E-state index < -0.39 is 12.1 Å². The lowest BCUT2D eigenvalue weighted by atomic mass is 10.1. The number of fused-ring (bicyclic) bond motifs is 1. The minimum atomic E-state index is -0.783. The van der Waals surface area contributed by atoms with Gasteiger partial charge in [-0.2, -0.15) is 5.11 Å². The van der Waals surface area contributed by atoms with Gasteiger partial charge in [0, 0.05) is 0 Å². The van der Waals surface area contributed by atoms with E-state index in [0.29, 0.717) is 5.69 Å². The van der Waals surface area contributed by atoms with Gasteiger partial charge in [-0.3, -0.25) is 9.59 Å². The maximum Gasteiger partial charge on any atom is 0.263 e. The molecule has 25 heavy (non-hydrogen) atoms. The number of anilines is 2. The summed E-state index contributed by atoms with van der Waals surface area (Å²) < 4.78 is 0. The van der Waals surface area contributed by atoms with Crippen LogP contribution in [0.3, 0.4) is 0 Å². The standard InChI is InChI=1S/C19H18N4O2/c1-11-4-6-14(7-5-11)23-17-16(20-21-23)18(24)22(19(17)25)15-9-12(2)8-13(3)10-15/h4-10,16-17H,1-3H3/t16-,17-/m1/s1. The molecule has 4 rings (SSSR count). The van der Waals surface area contributed by atoms with Crippen LogP contribution < -0.4 is 9.91 Å². The fourth-order valence-corrected chi connectivity index (χ4v) is 3.41. The Balaban J connectivity index is 1.71. The highest BCUT2D eigenvalue weighted by Gasteiger charge is 2.55. The molecule has 0 radical (unpaired) electrons. The van der Waals surface area contributed by atoms with Gasteiger partial charge in [0.1, 0.15) is 0 Å². The summed E-state index contributed by atoms with van der Waals surface area (Å²) in [5, 5.41) is 9.69. The molecule has 0 bridgehead atoms. The number of aryl methyl sites for hydroxylation is 3. The second-order valence-electron chi connectivity index (χ2n) is 6.63. The molecular formula is C19H18N4O2. The molecule has 126 valence electrons. The first-order chi connectivity index (χ1) is 12.0. The Hall–Kier alpha value is -3.02. The molecule has 2 heterocycles. The molecule has 0 N–H and O–H groups in total. The first-order valence-corrected chi connectivity index (χ1v) is 8.18. The molecule has 2 aromatic carbocycles. The first-order valence-electron chi connectivity index (χ1n) is 8.18. The minimum absolute atomic E-state index is 0.287. The molecule has 2 atom stereocenters. The van der Waals surface area contributed by atoms with Gasteiger partial charge in [-0.1, -0.05) is 29.0 Å². The lowest BCUT2D eigenvalue weighted by Gasteiger charge is -2.21. The van der Waals surface area contributed by atoms with Crippen LogP contribution in [0.25, 0.3) is 0 Å². The number of benzene rings is 2. The summed E-state index contributed by atoms with van der Waals surface area (Å²) in [7, 11) is 0. The maximum atomic E-state index is 13.0. The molecule has 0 aliphatic carbocycles. The Bertz CT molecular complexity index is 884. The molecule has 2 amide bonds. The third-order valence-electron chi connectivity index (χ3n) is 4.54. The van der Waals surface area contributed by atoms with Gasteiger partial charge in [0.05, 0.1) is 11.4 Å². The van der Waals surface area contributed by atoms with Crippen LogP contribution >= 0.6 is 0 Å². The van der Waals surface area contributed by atoms with Crippen molar-refractivity contribution in [1.29, 1.82) is 0 Å². The molecule has 0 unspecified atom stereocenters. The summed E-state index contributed by atoms with van der Waals surface area (Å²) in [6, 6.07) is 11.9. The summed E-state index contributed by atoms with van der Waals surface area (Å²) >= 11 is 0. The van der Waals surface area contributed by atoms with Crippen molar-refractivity contribution in [2.24, 2.45) is 10.3 Å². The highest BCUT2D eigenvalue weighted by molar-refractivity contribution is 6.26. The minimum Gasteiger partial charge on any atom is -0.271 e. The van der Waals surface area contributed by atoms with Gasteiger partial charge in [0.25, 0.3) is 11.8 Å². The summed E-state index contributed by atoms with van der Waals surface area (Å²) in [6.45, 7) is 5.88. The Kier molecular flexibility index (Phi) is 3.42. The van der Waals surface area contributed by atoms with Crippen LogP contribution in [-0.4, -0.2) is 23.9 Å². The van der Waals surface area contributed by atoms with E-state index in [0.717, 1.165) is 22.4 Å². The zero-order valence-electron chi connectivity index (χ0n) is 14.3. The molecule has 0 spiro atoms. The number of imide groups is 1. The molecule has 2 aliphatic heterocycles.